The van der Waals surface area contributed by atoms with Gasteiger partial charge in [-0.25, -0.2) is 16.8 Å². The summed E-state index contributed by atoms with van der Waals surface area (Å²) in [6.45, 7) is 9.00. The van der Waals surface area contributed by atoms with Gasteiger partial charge in [-0.2, -0.15) is 4.58 Å². The molecule has 52 heavy (non-hydrogen) atoms. The number of anilines is 1. The molecule has 0 fully saturated rings. The molecule has 0 unspecified atom stereocenters. The fourth-order valence-corrected chi connectivity index (χ4v) is 8.08. The van der Waals surface area contributed by atoms with Crippen molar-refractivity contribution in [2.24, 2.45) is 0 Å². The molecular formula is C38H44KN3O8S2. The molecule has 272 valence electrons. The molecule has 0 spiro atoms. The molecule has 2 N–H and O–H groups in total. The van der Waals surface area contributed by atoms with E-state index in [0.29, 0.717) is 32.4 Å². The first kappa shape index (κ1) is 42.1. The van der Waals surface area contributed by atoms with Gasteiger partial charge in [0.1, 0.15) is 33.0 Å². The Bertz CT molecular complexity index is 2160. The Morgan fingerprint density at radius 1 is 0.865 bits per heavy atom. The molecule has 0 radical (unpaired) electrons. The maximum absolute atomic E-state index is 12.5. The van der Waals surface area contributed by atoms with Crippen LogP contribution in [-0.4, -0.2) is 67.4 Å². The number of phenols is 1. The minimum Gasteiger partial charge on any atom is -0.744 e. The topological polar surface area (TPSA) is 170 Å². The largest absolute Gasteiger partial charge is 1.00 e. The summed E-state index contributed by atoms with van der Waals surface area (Å²) in [4.78, 5) is 14.0. The van der Waals surface area contributed by atoms with E-state index < -0.39 is 31.1 Å². The number of hydrogen-bond donors (Lipinski definition) is 2. The molecule has 3 aromatic carbocycles. The number of phenolic OH excluding ortho intramolecular Hbond substituents is 1. The van der Waals surface area contributed by atoms with Crippen molar-refractivity contribution < 1.29 is 91.8 Å². The third-order valence-corrected chi connectivity index (χ3v) is 11.6. The van der Waals surface area contributed by atoms with Crippen molar-refractivity contribution in [3.63, 3.8) is 0 Å². The summed E-state index contributed by atoms with van der Waals surface area (Å²) < 4.78 is 73.0. The van der Waals surface area contributed by atoms with Crippen LogP contribution in [0.25, 0.3) is 0 Å². The molecule has 14 heteroatoms. The number of hydrogen-bond acceptors (Lipinski definition) is 9. The van der Waals surface area contributed by atoms with E-state index in [4.69, 9.17) is 0 Å². The Labute approximate surface area is 349 Å². The van der Waals surface area contributed by atoms with Gasteiger partial charge in [0.05, 0.1) is 15.2 Å². The Morgan fingerprint density at radius 3 is 2.12 bits per heavy atom. The van der Waals surface area contributed by atoms with Crippen LogP contribution in [0.5, 0.6) is 5.75 Å². The van der Waals surface area contributed by atoms with Crippen molar-refractivity contribution >= 4 is 43.2 Å². The molecule has 5 rings (SSSR count). The normalized spacial score (nSPS) is 17.0. The summed E-state index contributed by atoms with van der Waals surface area (Å²) >= 11 is 0. The van der Waals surface area contributed by atoms with Crippen molar-refractivity contribution in [3.8, 4) is 5.75 Å². The summed E-state index contributed by atoms with van der Waals surface area (Å²) in [6.07, 6.45) is 9.12. The van der Waals surface area contributed by atoms with E-state index in [1.54, 1.807) is 24.3 Å². The molecule has 0 bridgehead atoms. The van der Waals surface area contributed by atoms with E-state index in [2.05, 4.69) is 10.2 Å². The number of fused-ring (bicyclic) bond motifs is 2. The number of carbonyl (C=O) groups is 1. The molecule has 0 saturated heterocycles. The van der Waals surface area contributed by atoms with Crippen LogP contribution >= 0.6 is 0 Å². The third-order valence-electron chi connectivity index (χ3n) is 9.91. The number of nitrogens with one attached hydrogen (secondary N) is 1. The number of allylic oxidation sites excluding steroid dienone is 4. The maximum atomic E-state index is 12.5. The van der Waals surface area contributed by atoms with Crippen LogP contribution in [0.2, 0.25) is 0 Å². The number of unbranched alkanes of at least 4 members (excludes halogenated alkanes) is 2. The Kier molecular flexibility index (Phi) is 13.2. The van der Waals surface area contributed by atoms with Gasteiger partial charge < -0.3 is 24.4 Å². The van der Waals surface area contributed by atoms with Crippen molar-refractivity contribution in [1.82, 2.24) is 5.32 Å². The fourth-order valence-electron chi connectivity index (χ4n) is 7.08. The van der Waals surface area contributed by atoms with Gasteiger partial charge in [-0.3, -0.25) is 4.79 Å². The number of carbonyl (C=O) groups excluding carboxylic acids is 1. The SMILES string of the molecule is C[N+]1=C(/C=C/C=C2/N(CCCCCC(=O)NCCc3ccc(O)cc3)c3ccc(S(=O)(=O)[O-])cc3C2(C)C)C(C)(C)c2cc(S(=O)(=O)[O-])ccc21.[K+]. The van der Waals surface area contributed by atoms with Crippen LogP contribution < -0.4 is 61.6 Å². The average Bonchev–Trinajstić information content (AvgIpc) is 3.38. The van der Waals surface area contributed by atoms with Crippen LogP contribution in [0.3, 0.4) is 0 Å². The molecule has 2 heterocycles. The molecule has 3 aromatic rings. The molecule has 2 aliphatic heterocycles. The van der Waals surface area contributed by atoms with Gasteiger partial charge in [0, 0.05) is 54.0 Å². The molecule has 0 atom stereocenters. The van der Waals surface area contributed by atoms with Crippen LogP contribution in [0.4, 0.5) is 11.4 Å². The predicted octanol–water partition coefficient (Wildman–Crippen LogP) is 2.37. The molecule has 2 aliphatic rings. The van der Waals surface area contributed by atoms with Gasteiger partial charge in [-0.05, 0) is 92.8 Å². The number of nitrogens with zero attached hydrogens (tertiary/aromatic N) is 2. The molecule has 1 amide bonds. The van der Waals surface area contributed by atoms with Crippen molar-refractivity contribution in [3.05, 3.63) is 101 Å². The van der Waals surface area contributed by atoms with E-state index >= 15 is 0 Å². The predicted molar refractivity (Wildman–Crippen MR) is 194 cm³/mol. The van der Waals surface area contributed by atoms with Crippen LogP contribution in [0.1, 0.15) is 70.1 Å². The van der Waals surface area contributed by atoms with Gasteiger partial charge in [-0.1, -0.05) is 38.5 Å². The first-order valence-electron chi connectivity index (χ1n) is 16.8. The number of aromatic hydroxyl groups is 1. The van der Waals surface area contributed by atoms with Gasteiger partial charge in [0.15, 0.2) is 5.71 Å². The number of rotatable bonds is 13. The average molecular weight is 774 g/mol. The first-order chi connectivity index (χ1) is 23.8. The monoisotopic (exact) mass is 773 g/mol. The zero-order chi connectivity index (χ0) is 37.4. The zero-order valence-corrected chi connectivity index (χ0v) is 35.2. The van der Waals surface area contributed by atoms with E-state index in [-0.39, 0.29) is 72.8 Å². The van der Waals surface area contributed by atoms with Crippen LogP contribution in [0.15, 0.2) is 94.4 Å². The summed E-state index contributed by atoms with van der Waals surface area (Å²) in [6, 6.07) is 15.8. The van der Waals surface area contributed by atoms with E-state index in [0.717, 1.165) is 52.3 Å². The quantitative estimate of drug-likeness (QED) is 0.115. The van der Waals surface area contributed by atoms with Crippen molar-refractivity contribution in [1.29, 1.82) is 0 Å². The molecular weight excluding hydrogens is 730 g/mol. The van der Waals surface area contributed by atoms with Crippen molar-refractivity contribution in [2.45, 2.75) is 80.4 Å². The van der Waals surface area contributed by atoms with Gasteiger partial charge in [0.25, 0.3) is 0 Å². The molecule has 11 nitrogen and oxygen atoms in total. The Morgan fingerprint density at radius 2 is 1.48 bits per heavy atom. The van der Waals surface area contributed by atoms with Crippen LogP contribution in [0, 0.1) is 0 Å². The van der Waals surface area contributed by atoms with Gasteiger partial charge >= 0.3 is 51.4 Å². The fraction of sp³-hybridized carbons (Fsp3) is 0.368. The van der Waals surface area contributed by atoms with Crippen molar-refractivity contribution in [2.75, 3.05) is 25.0 Å². The third kappa shape index (κ3) is 9.16. The Balaban J connectivity index is 0.00000605. The minimum atomic E-state index is -4.67. The van der Waals surface area contributed by atoms with E-state index in [1.807, 2.05) is 69.7 Å². The molecule has 0 aromatic heterocycles. The first-order valence-corrected chi connectivity index (χ1v) is 19.7. The number of benzene rings is 3. The standard InChI is InChI=1S/C38H45N3O8S2.K/c1-37(2)30-24-28(50(44,45)46)17-19-32(30)40(5)34(37)10-9-11-35-38(3,4)31-25-29(51(47,48)49)18-20-33(31)41(35)23-8-6-7-12-36(43)39-22-21-26-13-15-27(42)16-14-26;/h9-11,13-20,24-25H,6-8,12,21-23H2,1-5H3,(H3-,39,42,43,44,45,46,47,48,49);/q;+1/p-1. The maximum Gasteiger partial charge on any atom is 1.00 e. The summed E-state index contributed by atoms with van der Waals surface area (Å²) in [5.41, 5.74) is 4.60. The number of amides is 1. The Hall–Kier alpha value is -2.66. The smallest absolute Gasteiger partial charge is 0.744 e. The van der Waals surface area contributed by atoms with E-state index in [1.165, 1.54) is 24.3 Å². The molecule has 0 aliphatic carbocycles. The van der Waals surface area contributed by atoms with Gasteiger partial charge in [0.2, 0.25) is 11.6 Å². The second-order valence-electron chi connectivity index (χ2n) is 14.1. The second-order valence-corrected chi connectivity index (χ2v) is 16.9. The van der Waals surface area contributed by atoms with Gasteiger partial charge in [-0.15, -0.1) is 0 Å². The second kappa shape index (κ2) is 16.4. The zero-order valence-electron chi connectivity index (χ0n) is 30.5. The summed E-state index contributed by atoms with van der Waals surface area (Å²) in [5, 5.41) is 12.4. The van der Waals surface area contributed by atoms with Crippen LogP contribution in [-0.2, 0) is 42.3 Å². The van der Waals surface area contributed by atoms with E-state index in [9.17, 15) is 35.8 Å². The minimum absolute atomic E-state index is 0. The summed E-state index contributed by atoms with van der Waals surface area (Å²) in [5.74, 6) is 0.178. The molecule has 0 saturated carbocycles. The summed E-state index contributed by atoms with van der Waals surface area (Å²) in [7, 11) is -7.40.